The molecule has 0 saturated carbocycles. The number of carbonyl (C=O) groups excluding carboxylic acids is 2. The lowest BCUT2D eigenvalue weighted by molar-refractivity contribution is 0.0990. The Morgan fingerprint density at radius 3 is 2.00 bits per heavy atom. The van der Waals surface area contributed by atoms with Crippen LogP contribution in [-0.4, -0.2) is 11.6 Å². The number of ketones is 2. The summed E-state index contributed by atoms with van der Waals surface area (Å²) in [5, 5.41) is 0. The third kappa shape index (κ3) is 2.36. The molecule has 4 rings (SSSR count). The lowest BCUT2D eigenvalue weighted by Gasteiger charge is -2.20. The summed E-state index contributed by atoms with van der Waals surface area (Å²) in [6, 6.07) is 14.8. The summed E-state index contributed by atoms with van der Waals surface area (Å²) >= 11 is 0. The Labute approximate surface area is 136 Å². The van der Waals surface area contributed by atoms with Gasteiger partial charge in [-0.3, -0.25) is 9.59 Å². The van der Waals surface area contributed by atoms with Crippen LogP contribution in [0.3, 0.4) is 0 Å². The molecule has 0 saturated heterocycles. The average molecular weight is 302 g/mol. The lowest BCUT2D eigenvalue weighted by Crippen LogP contribution is -2.21. The van der Waals surface area contributed by atoms with Gasteiger partial charge in [0.25, 0.3) is 0 Å². The molecule has 114 valence electrons. The second-order valence-electron chi connectivity index (χ2n) is 5.25. The molecule has 2 nitrogen and oxygen atoms in total. The second-order valence-corrected chi connectivity index (χ2v) is 5.25. The van der Waals surface area contributed by atoms with Gasteiger partial charge in [0.1, 0.15) is 0 Å². The first-order valence-corrected chi connectivity index (χ1v) is 7.95. The molecule has 0 aliphatic heterocycles. The molecule has 2 heteroatoms. The van der Waals surface area contributed by atoms with Crippen LogP contribution in [0.2, 0.25) is 0 Å². The quantitative estimate of drug-likeness (QED) is 0.689. The summed E-state index contributed by atoms with van der Waals surface area (Å²) in [6.07, 6.45) is 4.45. The van der Waals surface area contributed by atoms with Crippen LogP contribution < -0.4 is 0 Å². The van der Waals surface area contributed by atoms with Crippen LogP contribution in [-0.2, 0) is 0 Å². The fourth-order valence-electron chi connectivity index (χ4n) is 3.08. The van der Waals surface area contributed by atoms with Crippen molar-refractivity contribution in [3.05, 3.63) is 82.4 Å². The van der Waals surface area contributed by atoms with Gasteiger partial charge in [0.15, 0.2) is 11.6 Å². The minimum atomic E-state index is -0.0450. The van der Waals surface area contributed by atoms with Crippen LogP contribution in [0.5, 0.6) is 0 Å². The minimum absolute atomic E-state index is 0.0263. The van der Waals surface area contributed by atoms with Gasteiger partial charge in [0, 0.05) is 22.3 Å². The highest BCUT2D eigenvalue weighted by Crippen LogP contribution is 2.37. The maximum absolute atomic E-state index is 12.9. The number of hydrogen-bond acceptors (Lipinski definition) is 2. The van der Waals surface area contributed by atoms with Crippen LogP contribution in [0.15, 0.2) is 60.2 Å². The summed E-state index contributed by atoms with van der Waals surface area (Å²) in [5.41, 5.74) is 4.06. The molecule has 0 aromatic heterocycles. The second kappa shape index (κ2) is 6.17. The molecular formula is C21H18O2. The summed E-state index contributed by atoms with van der Waals surface area (Å²) in [6.45, 7) is 4.00. The van der Waals surface area contributed by atoms with Crippen molar-refractivity contribution in [3.63, 3.8) is 0 Å². The first-order chi connectivity index (χ1) is 11.3. The van der Waals surface area contributed by atoms with Crippen LogP contribution in [0, 0.1) is 0 Å². The van der Waals surface area contributed by atoms with E-state index in [1.54, 1.807) is 24.3 Å². The number of carbonyl (C=O) groups is 2. The predicted molar refractivity (Wildman–Crippen MR) is 93.5 cm³/mol. The van der Waals surface area contributed by atoms with Crippen molar-refractivity contribution >= 4 is 23.2 Å². The van der Waals surface area contributed by atoms with Gasteiger partial charge in [0.2, 0.25) is 0 Å². The lowest BCUT2D eigenvalue weighted by atomic mass is 9.80. The Kier molecular flexibility index (Phi) is 4.07. The van der Waals surface area contributed by atoms with Crippen LogP contribution >= 0.6 is 0 Å². The monoisotopic (exact) mass is 302 g/mol. The van der Waals surface area contributed by atoms with Gasteiger partial charge >= 0.3 is 0 Å². The zero-order valence-electron chi connectivity index (χ0n) is 13.3. The zero-order chi connectivity index (χ0) is 16.4. The topological polar surface area (TPSA) is 34.1 Å². The van der Waals surface area contributed by atoms with Crippen molar-refractivity contribution in [2.45, 2.75) is 20.3 Å². The summed E-state index contributed by atoms with van der Waals surface area (Å²) < 4.78 is 0. The smallest absolute Gasteiger partial charge is 0.194 e. The van der Waals surface area contributed by atoms with E-state index in [2.05, 4.69) is 0 Å². The SMILES string of the molecule is CC.O=C1C2=C(C(=O)c3ccccc31)c1ccccc1C=CC2. The molecule has 2 aromatic rings. The molecule has 23 heavy (non-hydrogen) atoms. The molecule has 0 atom stereocenters. The molecule has 2 aromatic carbocycles. The highest BCUT2D eigenvalue weighted by atomic mass is 16.1. The Morgan fingerprint density at radius 1 is 0.739 bits per heavy atom. The number of hydrogen-bond donors (Lipinski definition) is 0. The van der Waals surface area contributed by atoms with Crippen molar-refractivity contribution in [2.75, 3.05) is 0 Å². The van der Waals surface area contributed by atoms with Crippen LogP contribution in [0.25, 0.3) is 11.6 Å². The van der Waals surface area contributed by atoms with Crippen LogP contribution in [0.4, 0.5) is 0 Å². The van der Waals surface area contributed by atoms with Crippen molar-refractivity contribution in [2.24, 2.45) is 0 Å². The maximum atomic E-state index is 12.9. The Balaban J connectivity index is 0.000000753. The van der Waals surface area contributed by atoms with Gasteiger partial charge in [0.05, 0.1) is 0 Å². The van der Waals surface area contributed by atoms with E-state index in [-0.39, 0.29) is 11.6 Å². The molecule has 0 amide bonds. The van der Waals surface area contributed by atoms with E-state index in [1.165, 1.54) is 0 Å². The molecule has 0 heterocycles. The Hall–Kier alpha value is -2.74. The minimum Gasteiger partial charge on any atom is -0.289 e. The third-order valence-corrected chi connectivity index (χ3v) is 4.07. The van der Waals surface area contributed by atoms with E-state index in [0.717, 1.165) is 11.1 Å². The Morgan fingerprint density at radius 2 is 1.30 bits per heavy atom. The molecule has 2 aliphatic rings. The predicted octanol–water partition coefficient (Wildman–Crippen LogP) is 4.96. The van der Waals surface area contributed by atoms with E-state index in [4.69, 9.17) is 0 Å². The van der Waals surface area contributed by atoms with Gasteiger partial charge in [-0.25, -0.2) is 0 Å². The van der Waals surface area contributed by atoms with E-state index in [0.29, 0.717) is 28.7 Å². The van der Waals surface area contributed by atoms with Gasteiger partial charge < -0.3 is 0 Å². The molecule has 2 aliphatic carbocycles. The van der Waals surface area contributed by atoms with E-state index < -0.39 is 0 Å². The number of rotatable bonds is 0. The third-order valence-electron chi connectivity index (χ3n) is 4.07. The molecule has 0 radical (unpaired) electrons. The number of fused-ring (bicyclic) bond motifs is 3. The van der Waals surface area contributed by atoms with Crippen molar-refractivity contribution in [1.82, 2.24) is 0 Å². The first kappa shape index (κ1) is 15.2. The fraction of sp³-hybridized carbons (Fsp3) is 0.143. The standard InChI is InChI=1S/C19H12O2.C2H6/c20-18-14-9-3-4-10-15(14)19(21)17-13-8-2-1-6-12(13)7-5-11-16(17)18;1-2/h1-10H,11H2;1-2H3. The largest absolute Gasteiger partial charge is 0.289 e. The van der Waals surface area contributed by atoms with Crippen molar-refractivity contribution in [3.8, 4) is 0 Å². The normalized spacial score (nSPS) is 15.0. The highest BCUT2D eigenvalue weighted by Gasteiger charge is 2.33. The van der Waals surface area contributed by atoms with E-state index >= 15 is 0 Å². The highest BCUT2D eigenvalue weighted by molar-refractivity contribution is 6.41. The molecule has 0 fully saturated rings. The first-order valence-electron chi connectivity index (χ1n) is 7.95. The van der Waals surface area contributed by atoms with Gasteiger partial charge in [-0.05, 0) is 17.5 Å². The van der Waals surface area contributed by atoms with Crippen LogP contribution in [0.1, 0.15) is 52.1 Å². The molecule has 0 unspecified atom stereocenters. The molecule has 0 spiro atoms. The van der Waals surface area contributed by atoms with Gasteiger partial charge in [-0.15, -0.1) is 0 Å². The zero-order valence-corrected chi connectivity index (χ0v) is 13.3. The summed E-state index contributed by atoms with van der Waals surface area (Å²) in [4.78, 5) is 25.6. The van der Waals surface area contributed by atoms with Gasteiger partial charge in [-0.2, -0.15) is 0 Å². The molecule has 0 N–H and O–H groups in total. The van der Waals surface area contributed by atoms with Gasteiger partial charge in [-0.1, -0.05) is 74.5 Å². The van der Waals surface area contributed by atoms with E-state index in [9.17, 15) is 9.59 Å². The maximum Gasteiger partial charge on any atom is 0.194 e. The number of benzene rings is 2. The van der Waals surface area contributed by atoms with Crippen molar-refractivity contribution < 1.29 is 9.59 Å². The molecular weight excluding hydrogens is 284 g/mol. The number of allylic oxidation sites excluding steroid dienone is 3. The van der Waals surface area contributed by atoms with Crippen molar-refractivity contribution in [1.29, 1.82) is 0 Å². The molecule has 0 bridgehead atoms. The Bertz CT molecular complexity index is 854. The number of Topliss-reactive ketones (excluding diaryl/α,β-unsaturated/α-hetero) is 2. The van der Waals surface area contributed by atoms with E-state index in [1.807, 2.05) is 50.3 Å². The average Bonchev–Trinajstić information content (AvgIpc) is 2.81. The fourth-order valence-corrected chi connectivity index (χ4v) is 3.08. The summed E-state index contributed by atoms with van der Waals surface area (Å²) in [5.74, 6) is -0.0714. The summed E-state index contributed by atoms with van der Waals surface area (Å²) in [7, 11) is 0.